The second-order valence-electron chi connectivity index (χ2n) is 5.74. The maximum Gasteiger partial charge on any atom is 0.223 e. The number of hydrogen-bond donors (Lipinski definition) is 2. The Morgan fingerprint density at radius 1 is 1.21 bits per heavy atom. The lowest BCUT2D eigenvalue weighted by molar-refractivity contribution is 0.305. The van der Waals surface area contributed by atoms with Gasteiger partial charge in [-0.15, -0.1) is 0 Å². The molecule has 29 heavy (non-hydrogen) atoms. The second-order valence-corrected chi connectivity index (χ2v) is 6.89. The van der Waals surface area contributed by atoms with Crippen molar-refractivity contribution >= 4 is 44.5 Å². The molecule has 0 bridgehead atoms. The molecule has 0 unspecified atom stereocenters. The summed E-state index contributed by atoms with van der Waals surface area (Å²) < 4.78 is 18.8. The fourth-order valence-corrected chi connectivity index (χ4v) is 3.79. The molecule has 10 heteroatoms. The van der Waals surface area contributed by atoms with E-state index >= 15 is 0 Å². The highest BCUT2D eigenvalue weighted by atomic mass is 79.9. The van der Waals surface area contributed by atoms with Crippen LogP contribution in [-0.2, 0) is 0 Å². The third kappa shape index (κ3) is 3.79. The van der Waals surface area contributed by atoms with Crippen LogP contribution in [0.15, 0.2) is 16.7 Å². The number of nitrogens with zero attached hydrogens (tertiary/aromatic N) is 3. The summed E-state index contributed by atoms with van der Waals surface area (Å²) in [6.45, 7) is -0.0404. The van der Waals surface area contributed by atoms with E-state index in [1.54, 1.807) is 16.8 Å². The van der Waals surface area contributed by atoms with Gasteiger partial charge in [0.1, 0.15) is 5.15 Å². The zero-order valence-corrected chi connectivity index (χ0v) is 18.3. The van der Waals surface area contributed by atoms with E-state index in [4.69, 9.17) is 36.7 Å². The standard InChI is InChI=1S/C19H18BrClN4O4/c1-27-12-8-11(14(20)16(29-3)15(12)28-2)25-9-10(6-4-5-7-26)13-17(21)23-19(22)24-18(13)25/h8-9,26H,5,7H2,1-3H3,(H2,22,23,24). The van der Waals surface area contributed by atoms with Gasteiger partial charge in [0, 0.05) is 18.7 Å². The smallest absolute Gasteiger partial charge is 0.223 e. The topological polar surface area (TPSA) is 105 Å². The van der Waals surface area contributed by atoms with Crippen LogP contribution in [0.2, 0.25) is 5.15 Å². The van der Waals surface area contributed by atoms with Crippen LogP contribution in [-0.4, -0.2) is 47.6 Å². The summed E-state index contributed by atoms with van der Waals surface area (Å²) in [5.41, 5.74) is 7.54. The number of ether oxygens (including phenoxy) is 3. The molecule has 152 valence electrons. The summed E-state index contributed by atoms with van der Waals surface area (Å²) in [4.78, 5) is 8.39. The predicted molar refractivity (Wildman–Crippen MR) is 114 cm³/mol. The molecule has 0 aliphatic heterocycles. The van der Waals surface area contributed by atoms with Gasteiger partial charge < -0.3 is 25.1 Å². The Morgan fingerprint density at radius 2 is 1.93 bits per heavy atom. The molecular formula is C19H18BrClN4O4. The zero-order valence-electron chi connectivity index (χ0n) is 15.9. The van der Waals surface area contributed by atoms with Crippen LogP contribution in [0.4, 0.5) is 5.95 Å². The van der Waals surface area contributed by atoms with Crippen LogP contribution in [0.25, 0.3) is 16.7 Å². The van der Waals surface area contributed by atoms with Crippen molar-refractivity contribution in [1.29, 1.82) is 0 Å². The van der Waals surface area contributed by atoms with Crippen LogP contribution in [0.1, 0.15) is 12.0 Å². The first-order chi connectivity index (χ1) is 14.0. The van der Waals surface area contributed by atoms with E-state index in [0.717, 1.165) is 0 Å². The SMILES string of the molecule is COc1cc(-n2cc(C#CCCO)c3c(Cl)nc(N)nc32)c(Br)c(OC)c1OC. The number of benzene rings is 1. The molecule has 3 aromatic rings. The van der Waals surface area contributed by atoms with Gasteiger partial charge in [0.2, 0.25) is 11.7 Å². The third-order valence-electron chi connectivity index (χ3n) is 4.09. The van der Waals surface area contributed by atoms with Gasteiger partial charge in [-0.05, 0) is 15.9 Å². The normalized spacial score (nSPS) is 10.6. The third-order valence-corrected chi connectivity index (χ3v) is 5.13. The summed E-state index contributed by atoms with van der Waals surface area (Å²) >= 11 is 9.91. The molecule has 0 radical (unpaired) electrons. The van der Waals surface area contributed by atoms with E-state index in [0.29, 0.717) is 50.4 Å². The van der Waals surface area contributed by atoms with Gasteiger partial charge in [0.15, 0.2) is 17.1 Å². The Bertz CT molecular complexity index is 1140. The van der Waals surface area contributed by atoms with Crippen molar-refractivity contribution in [3.05, 3.63) is 27.5 Å². The number of hydrogen-bond acceptors (Lipinski definition) is 7. The largest absolute Gasteiger partial charge is 0.493 e. The Morgan fingerprint density at radius 3 is 2.55 bits per heavy atom. The second kappa shape index (κ2) is 8.78. The summed E-state index contributed by atoms with van der Waals surface area (Å²) in [7, 11) is 4.59. The summed E-state index contributed by atoms with van der Waals surface area (Å²) in [5, 5.41) is 9.74. The zero-order chi connectivity index (χ0) is 21.1. The molecule has 0 saturated carbocycles. The molecular weight excluding hydrogens is 464 g/mol. The first kappa shape index (κ1) is 21.0. The first-order valence-electron chi connectivity index (χ1n) is 8.39. The minimum absolute atomic E-state index is 0.0280. The van der Waals surface area contributed by atoms with Crippen LogP contribution in [0.5, 0.6) is 17.2 Å². The van der Waals surface area contributed by atoms with E-state index < -0.39 is 0 Å². The quantitative estimate of drug-likeness (QED) is 0.426. The first-order valence-corrected chi connectivity index (χ1v) is 9.56. The molecule has 0 saturated heterocycles. The lowest BCUT2D eigenvalue weighted by atomic mass is 10.2. The van der Waals surface area contributed by atoms with E-state index in [1.165, 1.54) is 21.3 Å². The number of anilines is 1. The van der Waals surface area contributed by atoms with E-state index in [-0.39, 0.29) is 17.7 Å². The van der Waals surface area contributed by atoms with Gasteiger partial charge in [0.05, 0.1) is 49.0 Å². The van der Waals surface area contributed by atoms with Crippen LogP contribution >= 0.6 is 27.5 Å². The van der Waals surface area contributed by atoms with Crippen molar-refractivity contribution in [3.63, 3.8) is 0 Å². The fourth-order valence-electron chi connectivity index (χ4n) is 2.87. The lowest BCUT2D eigenvalue weighted by Crippen LogP contribution is -2.03. The van der Waals surface area contributed by atoms with Gasteiger partial charge >= 0.3 is 0 Å². The van der Waals surface area contributed by atoms with E-state index in [1.807, 2.05) is 0 Å². The van der Waals surface area contributed by atoms with Crippen molar-refractivity contribution in [2.75, 3.05) is 33.7 Å². The number of rotatable bonds is 5. The van der Waals surface area contributed by atoms with Crippen molar-refractivity contribution in [2.45, 2.75) is 6.42 Å². The van der Waals surface area contributed by atoms with Gasteiger partial charge in [-0.25, -0.2) is 4.98 Å². The molecule has 0 aliphatic rings. The molecule has 3 N–H and O–H groups in total. The Hall–Kier alpha value is -2.67. The number of fused-ring (bicyclic) bond motifs is 1. The molecule has 2 heterocycles. The number of aliphatic hydroxyl groups is 1. The molecule has 0 atom stereocenters. The minimum atomic E-state index is -0.0404. The molecule has 0 fully saturated rings. The summed E-state index contributed by atoms with van der Waals surface area (Å²) in [5.74, 6) is 7.27. The van der Waals surface area contributed by atoms with Crippen LogP contribution < -0.4 is 19.9 Å². The van der Waals surface area contributed by atoms with Gasteiger partial charge in [0.25, 0.3) is 0 Å². The highest BCUT2D eigenvalue weighted by molar-refractivity contribution is 9.10. The highest BCUT2D eigenvalue weighted by Gasteiger charge is 2.23. The van der Waals surface area contributed by atoms with Crippen molar-refractivity contribution in [3.8, 4) is 34.8 Å². The number of nitrogens with two attached hydrogens (primary N) is 1. The fraction of sp³-hybridized carbons (Fsp3) is 0.263. The number of nitrogen functional groups attached to an aromatic ring is 1. The molecule has 0 amide bonds. The molecule has 0 spiro atoms. The monoisotopic (exact) mass is 480 g/mol. The van der Waals surface area contributed by atoms with E-state index in [2.05, 4.69) is 37.7 Å². The lowest BCUT2D eigenvalue weighted by Gasteiger charge is -2.17. The van der Waals surface area contributed by atoms with Gasteiger partial charge in [-0.2, -0.15) is 4.98 Å². The van der Waals surface area contributed by atoms with Crippen molar-refractivity contribution < 1.29 is 19.3 Å². The predicted octanol–water partition coefficient (Wildman–Crippen LogP) is 3.18. The van der Waals surface area contributed by atoms with E-state index in [9.17, 15) is 0 Å². The highest BCUT2D eigenvalue weighted by Crippen LogP contribution is 2.47. The summed E-state index contributed by atoms with van der Waals surface area (Å²) in [6.07, 6.45) is 2.09. The average molecular weight is 482 g/mol. The maximum absolute atomic E-state index is 9.01. The summed E-state index contributed by atoms with van der Waals surface area (Å²) in [6, 6.07) is 1.77. The molecule has 1 aromatic carbocycles. The van der Waals surface area contributed by atoms with Gasteiger partial charge in [-0.3, -0.25) is 4.57 Å². The molecule has 0 aliphatic carbocycles. The Labute approximate surface area is 180 Å². The number of methoxy groups -OCH3 is 3. The van der Waals surface area contributed by atoms with Gasteiger partial charge in [-0.1, -0.05) is 23.4 Å². The van der Waals surface area contributed by atoms with Crippen molar-refractivity contribution in [1.82, 2.24) is 14.5 Å². The van der Waals surface area contributed by atoms with Crippen LogP contribution in [0.3, 0.4) is 0 Å². The molecule has 2 aromatic heterocycles. The number of aliphatic hydroxyl groups excluding tert-OH is 1. The molecule has 8 nitrogen and oxygen atoms in total. The minimum Gasteiger partial charge on any atom is -0.493 e. The average Bonchev–Trinajstić information content (AvgIpc) is 3.06. The Kier molecular flexibility index (Phi) is 6.37. The number of halogens is 2. The molecule has 3 rings (SSSR count). The van der Waals surface area contributed by atoms with Crippen LogP contribution in [0, 0.1) is 11.8 Å². The maximum atomic E-state index is 9.01. The van der Waals surface area contributed by atoms with Crippen molar-refractivity contribution in [2.24, 2.45) is 0 Å². The Balaban J connectivity index is 2.38. The number of aromatic nitrogens is 3.